The third-order valence-corrected chi connectivity index (χ3v) is 5.68. The quantitative estimate of drug-likeness (QED) is 0.708. The van der Waals surface area contributed by atoms with Crippen molar-refractivity contribution in [2.24, 2.45) is 5.92 Å². The Hall–Kier alpha value is -2.89. The minimum Gasteiger partial charge on any atom is -0.368 e. The Labute approximate surface area is 164 Å². The number of carbonyl (C=O) groups is 1. The average molecular weight is 375 g/mol. The average Bonchev–Trinajstić information content (AvgIpc) is 3.48. The lowest BCUT2D eigenvalue weighted by Gasteiger charge is -2.23. The fourth-order valence-corrected chi connectivity index (χ4v) is 3.94. The van der Waals surface area contributed by atoms with Gasteiger partial charge in [0.25, 0.3) is 0 Å². The largest absolute Gasteiger partial charge is 0.368 e. The molecule has 1 aliphatic heterocycles. The molecule has 0 unspecified atom stereocenters. The lowest BCUT2D eigenvalue weighted by molar-refractivity contribution is -0.132. The summed E-state index contributed by atoms with van der Waals surface area (Å²) < 4.78 is 1.81. The Bertz CT molecular complexity index is 1010. The second-order valence-electron chi connectivity index (χ2n) is 7.82. The molecule has 0 saturated heterocycles. The number of rotatable bonds is 1. The molecule has 5 rings (SSSR count). The molecule has 1 fully saturated rings. The first-order valence-electron chi connectivity index (χ1n) is 10.2. The Morgan fingerprint density at radius 1 is 1.14 bits per heavy atom. The van der Waals surface area contributed by atoms with E-state index in [0.717, 1.165) is 67.8 Å². The molecular weight excluding hydrogens is 350 g/mol. The van der Waals surface area contributed by atoms with E-state index in [-0.39, 0.29) is 5.92 Å². The number of aryl methyl sites for hydroxylation is 1. The lowest BCUT2D eigenvalue weighted by Crippen LogP contribution is -2.37. The molecule has 0 radical (unpaired) electrons. The zero-order chi connectivity index (χ0) is 18.9. The van der Waals surface area contributed by atoms with Crippen LogP contribution in [0.1, 0.15) is 31.2 Å². The van der Waals surface area contributed by atoms with E-state index in [4.69, 9.17) is 4.98 Å². The Morgan fingerprint density at radius 3 is 2.96 bits per heavy atom. The molecule has 3 heterocycles. The van der Waals surface area contributed by atoms with Gasteiger partial charge in [0.15, 0.2) is 5.65 Å². The molecule has 2 aromatic heterocycles. The zero-order valence-corrected chi connectivity index (χ0v) is 16.0. The summed E-state index contributed by atoms with van der Waals surface area (Å²) in [5.74, 6) is 1.41. The van der Waals surface area contributed by atoms with Crippen LogP contribution in [0.25, 0.3) is 16.8 Å². The monoisotopic (exact) mass is 375 g/mol. The summed E-state index contributed by atoms with van der Waals surface area (Å²) in [5.41, 5.74) is 4.37. The highest BCUT2D eigenvalue weighted by atomic mass is 16.2. The van der Waals surface area contributed by atoms with Crippen molar-refractivity contribution in [1.29, 1.82) is 0 Å². The van der Waals surface area contributed by atoms with Crippen LogP contribution >= 0.6 is 0 Å². The molecule has 1 N–H and O–H groups in total. The van der Waals surface area contributed by atoms with Gasteiger partial charge in [-0.15, -0.1) is 0 Å². The molecule has 1 aromatic carbocycles. The number of anilines is 1. The predicted octanol–water partition coefficient (Wildman–Crippen LogP) is 3.38. The van der Waals surface area contributed by atoms with Crippen molar-refractivity contribution in [3.63, 3.8) is 0 Å². The Kier molecular flexibility index (Phi) is 4.47. The molecule has 1 saturated carbocycles. The van der Waals surface area contributed by atoms with Gasteiger partial charge in [0, 0.05) is 37.3 Å². The van der Waals surface area contributed by atoms with Crippen LogP contribution in [-0.4, -0.2) is 45.0 Å². The van der Waals surface area contributed by atoms with Gasteiger partial charge in [0.2, 0.25) is 5.91 Å². The number of hydrogen-bond acceptors (Lipinski definition) is 4. The van der Waals surface area contributed by atoms with Gasteiger partial charge < -0.3 is 10.2 Å². The molecule has 1 aliphatic carbocycles. The first-order valence-corrected chi connectivity index (χ1v) is 10.2. The second-order valence-corrected chi connectivity index (χ2v) is 7.82. The van der Waals surface area contributed by atoms with Crippen LogP contribution < -0.4 is 5.32 Å². The summed E-state index contributed by atoms with van der Waals surface area (Å²) >= 11 is 0. The summed E-state index contributed by atoms with van der Waals surface area (Å²) in [5, 5.41) is 7.85. The first kappa shape index (κ1) is 17.2. The van der Waals surface area contributed by atoms with Crippen LogP contribution in [-0.2, 0) is 11.2 Å². The lowest BCUT2D eigenvalue weighted by atomic mass is 10.0. The van der Waals surface area contributed by atoms with Crippen molar-refractivity contribution in [2.75, 3.05) is 25.0 Å². The van der Waals surface area contributed by atoms with Crippen molar-refractivity contribution < 1.29 is 4.79 Å². The van der Waals surface area contributed by atoms with Gasteiger partial charge in [-0.1, -0.05) is 24.3 Å². The van der Waals surface area contributed by atoms with E-state index in [9.17, 15) is 4.79 Å². The van der Waals surface area contributed by atoms with Crippen LogP contribution in [0.5, 0.6) is 0 Å². The number of amides is 1. The minimum absolute atomic E-state index is 0.266. The molecule has 2 aliphatic rings. The summed E-state index contributed by atoms with van der Waals surface area (Å²) in [6, 6.07) is 10.6. The molecule has 1 amide bonds. The third-order valence-electron chi connectivity index (χ3n) is 5.68. The molecular formula is C22H25N5O. The molecule has 28 heavy (non-hydrogen) atoms. The van der Waals surface area contributed by atoms with Gasteiger partial charge in [-0.05, 0) is 49.3 Å². The van der Waals surface area contributed by atoms with Gasteiger partial charge >= 0.3 is 0 Å². The van der Waals surface area contributed by atoms with Gasteiger partial charge in [-0.2, -0.15) is 5.10 Å². The third kappa shape index (κ3) is 3.46. The topological polar surface area (TPSA) is 62.5 Å². The van der Waals surface area contributed by atoms with E-state index < -0.39 is 0 Å². The van der Waals surface area contributed by atoms with E-state index in [1.807, 2.05) is 27.9 Å². The molecule has 0 spiro atoms. The van der Waals surface area contributed by atoms with E-state index >= 15 is 0 Å². The van der Waals surface area contributed by atoms with Crippen LogP contribution in [0.15, 0.2) is 42.7 Å². The first-order chi connectivity index (χ1) is 13.8. The van der Waals surface area contributed by atoms with Crippen molar-refractivity contribution in [2.45, 2.75) is 32.1 Å². The highest BCUT2D eigenvalue weighted by Gasteiger charge is 2.33. The summed E-state index contributed by atoms with van der Waals surface area (Å²) in [7, 11) is 0. The molecule has 6 heteroatoms. The van der Waals surface area contributed by atoms with Gasteiger partial charge in [-0.25, -0.2) is 9.50 Å². The second kappa shape index (κ2) is 7.26. The Morgan fingerprint density at radius 2 is 2.07 bits per heavy atom. The number of nitrogens with one attached hydrogen (secondary N) is 1. The summed E-state index contributed by atoms with van der Waals surface area (Å²) in [6.45, 7) is 2.27. The van der Waals surface area contributed by atoms with Crippen molar-refractivity contribution >= 4 is 17.4 Å². The highest BCUT2D eigenvalue weighted by molar-refractivity contribution is 5.81. The number of aromatic nitrogens is 3. The normalized spacial score (nSPS) is 17.8. The van der Waals surface area contributed by atoms with Crippen LogP contribution in [0.3, 0.4) is 0 Å². The van der Waals surface area contributed by atoms with Gasteiger partial charge in [0.05, 0.1) is 6.20 Å². The van der Waals surface area contributed by atoms with Crippen molar-refractivity contribution in [3.8, 4) is 11.1 Å². The number of carbonyl (C=O) groups excluding carboxylic acids is 1. The number of fused-ring (bicyclic) bond motifs is 4. The fourth-order valence-electron chi connectivity index (χ4n) is 3.94. The van der Waals surface area contributed by atoms with E-state index in [1.165, 1.54) is 5.56 Å². The number of benzene rings is 1. The summed E-state index contributed by atoms with van der Waals surface area (Å²) in [6.07, 6.45) is 9.07. The van der Waals surface area contributed by atoms with Gasteiger partial charge in [-0.3, -0.25) is 4.79 Å². The SMILES string of the molecule is O=C(C1CC1)N1CCCCc2cccc(c2)-c2cnn3ccc(nc23)NCC1. The molecule has 3 aromatic rings. The zero-order valence-electron chi connectivity index (χ0n) is 16.0. The molecule has 4 bridgehead atoms. The fraction of sp³-hybridized carbons (Fsp3) is 0.409. The van der Waals surface area contributed by atoms with Crippen molar-refractivity contribution in [3.05, 3.63) is 48.3 Å². The molecule has 144 valence electrons. The molecule has 0 atom stereocenters. The van der Waals surface area contributed by atoms with Crippen LogP contribution in [0.4, 0.5) is 5.82 Å². The molecule has 6 nitrogen and oxygen atoms in total. The Balaban J connectivity index is 1.47. The number of nitrogens with zero attached hydrogens (tertiary/aromatic N) is 4. The maximum absolute atomic E-state index is 12.6. The van der Waals surface area contributed by atoms with Crippen LogP contribution in [0.2, 0.25) is 0 Å². The van der Waals surface area contributed by atoms with Gasteiger partial charge in [0.1, 0.15) is 5.82 Å². The smallest absolute Gasteiger partial charge is 0.225 e. The predicted molar refractivity (Wildman–Crippen MR) is 109 cm³/mol. The number of hydrogen-bond donors (Lipinski definition) is 1. The minimum atomic E-state index is 0.266. The summed E-state index contributed by atoms with van der Waals surface area (Å²) in [4.78, 5) is 19.5. The standard InChI is InChI=1S/C22H25N5O/c28-22(17-7-8-17)26-11-2-1-4-16-5-3-6-18(14-16)19-15-24-27-12-9-20(23-10-13-26)25-21(19)27/h3,5-6,9,12,14-15,17H,1-2,4,7-8,10-11,13H2,(H,23,25). The highest BCUT2D eigenvalue weighted by Crippen LogP contribution is 2.31. The van der Waals surface area contributed by atoms with E-state index in [1.54, 1.807) is 0 Å². The van der Waals surface area contributed by atoms with Crippen molar-refractivity contribution in [1.82, 2.24) is 19.5 Å². The maximum Gasteiger partial charge on any atom is 0.225 e. The van der Waals surface area contributed by atoms with E-state index in [2.05, 4.69) is 34.7 Å². The maximum atomic E-state index is 12.6. The van der Waals surface area contributed by atoms with Crippen LogP contribution in [0, 0.1) is 5.92 Å². The van der Waals surface area contributed by atoms with E-state index in [0.29, 0.717) is 12.5 Å².